The Hall–Kier alpha value is -1.84. The summed E-state index contributed by atoms with van der Waals surface area (Å²) in [6, 6.07) is 10.6. The molecule has 2 heterocycles. The van der Waals surface area contributed by atoms with E-state index in [0.717, 1.165) is 71.1 Å². The molecule has 2 saturated heterocycles. The number of piperidine rings is 1. The number of rotatable bonds is 4. The number of likely N-dealkylation sites (tertiary alicyclic amines) is 2. The molecule has 2 amide bonds. The van der Waals surface area contributed by atoms with Crippen molar-refractivity contribution in [1.82, 2.24) is 9.80 Å². The van der Waals surface area contributed by atoms with E-state index in [1.807, 2.05) is 9.80 Å². The summed E-state index contributed by atoms with van der Waals surface area (Å²) in [5, 5.41) is 0. The fraction of sp³-hybridized carbons (Fsp3) is 0.619. The number of amides is 2. The van der Waals surface area contributed by atoms with E-state index in [0.29, 0.717) is 5.92 Å². The Morgan fingerprint density at radius 1 is 0.880 bits per heavy atom. The third kappa shape index (κ3) is 3.31. The summed E-state index contributed by atoms with van der Waals surface area (Å²) < 4.78 is 0. The monoisotopic (exact) mass is 340 g/mol. The van der Waals surface area contributed by atoms with Crippen LogP contribution in [-0.2, 0) is 16.0 Å². The van der Waals surface area contributed by atoms with Crippen LogP contribution in [0.2, 0.25) is 0 Å². The molecule has 4 heteroatoms. The molecule has 4 rings (SSSR count). The zero-order valence-electron chi connectivity index (χ0n) is 15.0. The Bertz CT molecular complexity index is 625. The highest BCUT2D eigenvalue weighted by atomic mass is 16.2. The van der Waals surface area contributed by atoms with Crippen molar-refractivity contribution in [3.63, 3.8) is 0 Å². The number of hydrogen-bond acceptors (Lipinski definition) is 2. The van der Waals surface area contributed by atoms with Crippen LogP contribution >= 0.6 is 0 Å². The second-order valence-corrected chi connectivity index (χ2v) is 8.01. The second kappa shape index (κ2) is 6.81. The van der Waals surface area contributed by atoms with Crippen molar-refractivity contribution in [1.29, 1.82) is 0 Å². The molecule has 2 aliphatic heterocycles. The first kappa shape index (κ1) is 16.6. The Labute approximate surface area is 150 Å². The highest BCUT2D eigenvalue weighted by Gasteiger charge is 2.59. The smallest absolute Gasteiger partial charge is 0.238 e. The van der Waals surface area contributed by atoms with E-state index in [1.165, 1.54) is 5.56 Å². The zero-order valence-corrected chi connectivity index (χ0v) is 15.0. The van der Waals surface area contributed by atoms with E-state index in [9.17, 15) is 9.59 Å². The number of hydrogen-bond donors (Lipinski definition) is 0. The van der Waals surface area contributed by atoms with Crippen LogP contribution in [0.1, 0.15) is 44.1 Å². The summed E-state index contributed by atoms with van der Waals surface area (Å²) in [5.74, 6) is 0.875. The average molecular weight is 340 g/mol. The predicted molar refractivity (Wildman–Crippen MR) is 96.9 cm³/mol. The third-order valence-corrected chi connectivity index (χ3v) is 6.23. The van der Waals surface area contributed by atoms with Crippen molar-refractivity contribution in [2.45, 2.75) is 44.9 Å². The molecule has 1 aliphatic carbocycles. The lowest BCUT2D eigenvalue weighted by Gasteiger charge is -2.35. The largest absolute Gasteiger partial charge is 0.342 e. The minimum atomic E-state index is -0.684. The molecule has 3 fully saturated rings. The first-order valence-corrected chi connectivity index (χ1v) is 9.82. The van der Waals surface area contributed by atoms with Crippen molar-refractivity contribution < 1.29 is 9.59 Å². The van der Waals surface area contributed by atoms with Crippen molar-refractivity contribution >= 4 is 11.8 Å². The standard InChI is InChI=1S/C21H28N2O2/c24-19(22-12-4-5-13-22)21(10-11-21)20(25)23-14-8-18(9-15-23)16-17-6-2-1-3-7-17/h1-3,6-7,18H,4-5,8-16H2. The lowest BCUT2D eigenvalue weighted by molar-refractivity contribution is -0.149. The van der Waals surface area contributed by atoms with Crippen LogP contribution in [0.25, 0.3) is 0 Å². The van der Waals surface area contributed by atoms with Gasteiger partial charge in [0.05, 0.1) is 0 Å². The molecule has 134 valence electrons. The maximum atomic E-state index is 13.0. The fourth-order valence-corrected chi connectivity index (χ4v) is 4.46. The molecule has 0 N–H and O–H groups in total. The normalized spacial score (nSPS) is 22.9. The van der Waals surface area contributed by atoms with Gasteiger partial charge < -0.3 is 9.80 Å². The van der Waals surface area contributed by atoms with Crippen molar-refractivity contribution in [2.75, 3.05) is 26.2 Å². The molecule has 1 saturated carbocycles. The van der Waals surface area contributed by atoms with Gasteiger partial charge in [0, 0.05) is 26.2 Å². The molecule has 1 aromatic carbocycles. The predicted octanol–water partition coefficient (Wildman–Crippen LogP) is 2.87. The van der Waals surface area contributed by atoms with Crippen molar-refractivity contribution in [3.8, 4) is 0 Å². The summed E-state index contributed by atoms with van der Waals surface area (Å²) in [6.45, 7) is 3.30. The molecule has 25 heavy (non-hydrogen) atoms. The van der Waals surface area contributed by atoms with Crippen LogP contribution in [0.5, 0.6) is 0 Å². The highest BCUT2D eigenvalue weighted by molar-refractivity contribution is 6.07. The maximum absolute atomic E-state index is 13.0. The summed E-state index contributed by atoms with van der Waals surface area (Å²) in [7, 11) is 0. The first-order valence-electron chi connectivity index (χ1n) is 9.82. The first-order chi connectivity index (χ1) is 12.2. The van der Waals surface area contributed by atoms with Crippen LogP contribution in [0.4, 0.5) is 0 Å². The summed E-state index contributed by atoms with van der Waals surface area (Å²) in [4.78, 5) is 29.7. The molecule has 4 nitrogen and oxygen atoms in total. The average Bonchev–Trinajstić information content (AvgIpc) is 3.28. The van der Waals surface area contributed by atoms with Crippen molar-refractivity contribution in [3.05, 3.63) is 35.9 Å². The Morgan fingerprint density at radius 3 is 2.00 bits per heavy atom. The van der Waals surface area contributed by atoms with E-state index in [4.69, 9.17) is 0 Å². The van der Waals surface area contributed by atoms with Crippen LogP contribution in [-0.4, -0.2) is 47.8 Å². The van der Waals surface area contributed by atoms with Gasteiger partial charge in [-0.3, -0.25) is 9.59 Å². The second-order valence-electron chi connectivity index (χ2n) is 8.01. The highest BCUT2D eigenvalue weighted by Crippen LogP contribution is 2.49. The van der Waals surface area contributed by atoms with E-state index in [-0.39, 0.29) is 11.8 Å². The van der Waals surface area contributed by atoms with Gasteiger partial charge in [0.1, 0.15) is 5.41 Å². The molecule has 0 atom stereocenters. The molecule has 3 aliphatic rings. The van der Waals surface area contributed by atoms with E-state index in [2.05, 4.69) is 30.3 Å². The SMILES string of the molecule is O=C(N1CCCC1)C1(C(=O)N2CCC(Cc3ccccc3)CC2)CC1. The van der Waals surface area contributed by atoms with Crippen LogP contribution in [0.3, 0.4) is 0 Å². The molecule has 0 unspecified atom stereocenters. The minimum absolute atomic E-state index is 0.112. The Kier molecular flexibility index (Phi) is 4.53. The lowest BCUT2D eigenvalue weighted by atomic mass is 9.89. The number of nitrogens with zero attached hydrogens (tertiary/aromatic N) is 2. The van der Waals surface area contributed by atoms with E-state index < -0.39 is 5.41 Å². The van der Waals surface area contributed by atoms with Gasteiger partial charge in [-0.15, -0.1) is 0 Å². The van der Waals surface area contributed by atoms with Crippen LogP contribution in [0, 0.1) is 11.3 Å². The van der Waals surface area contributed by atoms with Gasteiger partial charge >= 0.3 is 0 Å². The maximum Gasteiger partial charge on any atom is 0.238 e. The Morgan fingerprint density at radius 2 is 1.44 bits per heavy atom. The van der Waals surface area contributed by atoms with Gasteiger partial charge in [-0.05, 0) is 56.4 Å². The van der Waals surface area contributed by atoms with Crippen LogP contribution < -0.4 is 0 Å². The van der Waals surface area contributed by atoms with Gasteiger partial charge in [0.2, 0.25) is 11.8 Å². The fourth-order valence-electron chi connectivity index (χ4n) is 4.46. The summed E-state index contributed by atoms with van der Waals surface area (Å²) in [6.07, 6.45) is 6.88. The van der Waals surface area contributed by atoms with Crippen molar-refractivity contribution in [2.24, 2.45) is 11.3 Å². The van der Waals surface area contributed by atoms with Gasteiger partial charge in [-0.1, -0.05) is 30.3 Å². The molecular formula is C21H28N2O2. The quantitative estimate of drug-likeness (QED) is 0.791. The minimum Gasteiger partial charge on any atom is -0.342 e. The van der Waals surface area contributed by atoms with Gasteiger partial charge in [0.25, 0.3) is 0 Å². The molecule has 1 aromatic rings. The van der Waals surface area contributed by atoms with E-state index in [1.54, 1.807) is 0 Å². The van der Waals surface area contributed by atoms with Gasteiger partial charge in [0.15, 0.2) is 0 Å². The lowest BCUT2D eigenvalue weighted by Crippen LogP contribution is -2.48. The summed E-state index contributed by atoms with van der Waals surface area (Å²) >= 11 is 0. The molecule has 0 aromatic heterocycles. The number of carbonyl (C=O) groups is 2. The van der Waals surface area contributed by atoms with E-state index >= 15 is 0 Å². The van der Waals surface area contributed by atoms with Gasteiger partial charge in [-0.25, -0.2) is 0 Å². The third-order valence-electron chi connectivity index (χ3n) is 6.23. The molecule has 0 spiro atoms. The topological polar surface area (TPSA) is 40.6 Å². The van der Waals surface area contributed by atoms with Gasteiger partial charge in [-0.2, -0.15) is 0 Å². The zero-order chi connectivity index (χ0) is 17.3. The molecular weight excluding hydrogens is 312 g/mol. The number of carbonyl (C=O) groups excluding carboxylic acids is 2. The van der Waals surface area contributed by atoms with Crippen LogP contribution in [0.15, 0.2) is 30.3 Å². The summed E-state index contributed by atoms with van der Waals surface area (Å²) in [5.41, 5.74) is 0.700. The number of benzene rings is 1. The Balaban J connectivity index is 1.33. The molecule has 0 bridgehead atoms. The molecule has 0 radical (unpaired) electrons.